The third kappa shape index (κ3) is 2.69. The lowest BCUT2D eigenvalue weighted by atomic mass is 9.95. The van der Waals surface area contributed by atoms with E-state index in [1.807, 2.05) is 6.92 Å². The van der Waals surface area contributed by atoms with E-state index in [9.17, 15) is 4.79 Å². The molecular weight excluding hydrogens is 222 g/mol. The molecule has 0 spiro atoms. The highest BCUT2D eigenvalue weighted by molar-refractivity contribution is 5.67. The Kier molecular flexibility index (Phi) is 3.51. The number of carbonyl (C=O) groups excluding carboxylic acids is 1. The number of hydrogen-bond acceptors (Lipinski definition) is 5. The van der Waals surface area contributed by atoms with E-state index in [1.54, 1.807) is 11.1 Å². The van der Waals surface area contributed by atoms with Crippen LogP contribution in [0.5, 0.6) is 0 Å². The first-order valence-corrected chi connectivity index (χ1v) is 5.83. The van der Waals surface area contributed by atoms with Gasteiger partial charge >= 0.3 is 6.09 Å². The molecule has 1 aromatic heterocycles. The van der Waals surface area contributed by atoms with Crippen LogP contribution in [0.1, 0.15) is 31.4 Å². The van der Waals surface area contributed by atoms with E-state index in [-0.39, 0.29) is 12.1 Å². The van der Waals surface area contributed by atoms with Gasteiger partial charge in [-0.3, -0.25) is 0 Å². The third-order valence-electron chi connectivity index (χ3n) is 2.96. The minimum atomic E-state index is -0.233. The molecule has 2 heterocycles. The zero-order chi connectivity index (χ0) is 12.3. The predicted molar refractivity (Wildman–Crippen MR) is 61.5 cm³/mol. The highest BCUT2D eigenvalue weighted by atomic mass is 16.6. The Labute approximate surface area is 99.7 Å². The summed E-state index contributed by atoms with van der Waals surface area (Å²) in [5.74, 6) is 1.11. The van der Waals surface area contributed by atoms with Crippen LogP contribution in [0.15, 0.2) is 10.6 Å². The molecule has 0 aromatic carbocycles. The maximum absolute atomic E-state index is 11.5. The van der Waals surface area contributed by atoms with Gasteiger partial charge in [-0.25, -0.2) is 9.78 Å². The molecule has 94 valence electrons. The lowest BCUT2D eigenvalue weighted by molar-refractivity contribution is 0.0958. The Hall–Kier alpha value is -1.72. The summed E-state index contributed by atoms with van der Waals surface area (Å²) in [6.07, 6.45) is 3.14. The van der Waals surface area contributed by atoms with Crippen LogP contribution in [0, 0.1) is 0 Å². The van der Waals surface area contributed by atoms with Crippen molar-refractivity contribution in [1.29, 1.82) is 0 Å². The second kappa shape index (κ2) is 5.07. The number of hydrogen-bond donors (Lipinski definition) is 1. The number of carbonyl (C=O) groups is 1. The molecule has 1 aliphatic heterocycles. The summed E-state index contributed by atoms with van der Waals surface area (Å²) in [5, 5.41) is 0. The van der Waals surface area contributed by atoms with Crippen LogP contribution in [0.3, 0.4) is 0 Å². The van der Waals surface area contributed by atoms with Crippen molar-refractivity contribution in [2.45, 2.75) is 25.7 Å². The molecule has 0 saturated carbocycles. The highest BCUT2D eigenvalue weighted by Crippen LogP contribution is 2.29. The Morgan fingerprint density at radius 1 is 1.65 bits per heavy atom. The number of amides is 1. The fourth-order valence-electron chi connectivity index (χ4n) is 2.05. The fourth-order valence-corrected chi connectivity index (χ4v) is 2.05. The number of rotatable bonds is 2. The standard InChI is InChI=1S/C11H17N3O3/c1-2-16-11(15)14-5-3-8(4-6-14)9-7-13-10(12)17-9/h7-8H,2-6H2,1H3,(H2,12,13). The quantitative estimate of drug-likeness (QED) is 0.847. The zero-order valence-electron chi connectivity index (χ0n) is 9.89. The Bertz CT molecular complexity index is 383. The number of nitrogens with zero attached hydrogens (tertiary/aromatic N) is 2. The molecule has 6 heteroatoms. The van der Waals surface area contributed by atoms with Gasteiger partial charge in [-0.05, 0) is 19.8 Å². The fraction of sp³-hybridized carbons (Fsp3) is 0.636. The molecule has 0 radical (unpaired) electrons. The van der Waals surface area contributed by atoms with Crippen LogP contribution in [-0.2, 0) is 4.74 Å². The lowest BCUT2D eigenvalue weighted by Gasteiger charge is -2.29. The van der Waals surface area contributed by atoms with Crippen LogP contribution < -0.4 is 5.73 Å². The molecule has 6 nitrogen and oxygen atoms in total. The number of nitrogen functional groups attached to an aromatic ring is 1. The van der Waals surface area contributed by atoms with Crippen molar-refractivity contribution in [3.05, 3.63) is 12.0 Å². The maximum Gasteiger partial charge on any atom is 0.409 e. The monoisotopic (exact) mass is 239 g/mol. The minimum Gasteiger partial charge on any atom is -0.450 e. The molecule has 2 rings (SSSR count). The van der Waals surface area contributed by atoms with E-state index in [2.05, 4.69) is 4.98 Å². The van der Waals surface area contributed by atoms with Crippen LogP contribution in [-0.4, -0.2) is 35.7 Å². The normalized spacial score (nSPS) is 17.1. The van der Waals surface area contributed by atoms with Crippen molar-refractivity contribution in [3.63, 3.8) is 0 Å². The molecule has 17 heavy (non-hydrogen) atoms. The van der Waals surface area contributed by atoms with Gasteiger partial charge < -0.3 is 19.8 Å². The van der Waals surface area contributed by atoms with Gasteiger partial charge in [0.15, 0.2) is 0 Å². The molecule has 0 unspecified atom stereocenters. The number of aromatic nitrogens is 1. The topological polar surface area (TPSA) is 81.6 Å². The van der Waals surface area contributed by atoms with Gasteiger partial charge in [-0.15, -0.1) is 0 Å². The molecule has 1 aromatic rings. The van der Waals surface area contributed by atoms with Gasteiger partial charge in [0.05, 0.1) is 12.8 Å². The van der Waals surface area contributed by atoms with E-state index in [0.29, 0.717) is 25.6 Å². The number of nitrogens with two attached hydrogens (primary N) is 1. The summed E-state index contributed by atoms with van der Waals surface area (Å²) in [5.41, 5.74) is 5.44. The first-order chi connectivity index (χ1) is 8.20. The number of anilines is 1. The summed E-state index contributed by atoms with van der Waals surface area (Å²) < 4.78 is 10.3. The first kappa shape index (κ1) is 11.8. The molecule has 1 amide bonds. The Balaban J connectivity index is 1.88. The van der Waals surface area contributed by atoms with Gasteiger partial charge in [0, 0.05) is 19.0 Å². The van der Waals surface area contributed by atoms with Crippen LogP contribution >= 0.6 is 0 Å². The van der Waals surface area contributed by atoms with E-state index < -0.39 is 0 Å². The highest BCUT2D eigenvalue weighted by Gasteiger charge is 2.26. The summed E-state index contributed by atoms with van der Waals surface area (Å²) in [4.78, 5) is 17.1. The number of ether oxygens (including phenoxy) is 1. The van der Waals surface area contributed by atoms with Gasteiger partial charge in [0.2, 0.25) is 0 Å². The minimum absolute atomic E-state index is 0.202. The molecule has 1 aliphatic rings. The maximum atomic E-state index is 11.5. The van der Waals surface area contributed by atoms with Gasteiger partial charge in [0.1, 0.15) is 5.76 Å². The Morgan fingerprint density at radius 2 is 2.35 bits per heavy atom. The summed E-state index contributed by atoms with van der Waals surface area (Å²) in [6.45, 7) is 3.59. The second-order valence-corrected chi connectivity index (χ2v) is 4.06. The van der Waals surface area contributed by atoms with Crippen molar-refractivity contribution in [3.8, 4) is 0 Å². The summed E-state index contributed by atoms with van der Waals surface area (Å²) in [7, 11) is 0. The van der Waals surface area contributed by atoms with Crippen LogP contribution in [0.2, 0.25) is 0 Å². The SMILES string of the molecule is CCOC(=O)N1CCC(c2cnc(N)o2)CC1. The molecule has 1 saturated heterocycles. The van der Waals surface area contributed by atoms with E-state index in [1.165, 1.54) is 0 Å². The van der Waals surface area contributed by atoms with E-state index in [0.717, 1.165) is 18.6 Å². The van der Waals surface area contributed by atoms with Gasteiger partial charge in [-0.1, -0.05) is 0 Å². The van der Waals surface area contributed by atoms with Crippen molar-refractivity contribution in [2.24, 2.45) is 0 Å². The van der Waals surface area contributed by atoms with E-state index in [4.69, 9.17) is 14.9 Å². The molecule has 1 fully saturated rings. The molecule has 2 N–H and O–H groups in total. The summed E-state index contributed by atoms with van der Waals surface area (Å²) in [6, 6.07) is 0.202. The number of oxazole rings is 1. The van der Waals surface area contributed by atoms with Crippen molar-refractivity contribution in [2.75, 3.05) is 25.4 Å². The summed E-state index contributed by atoms with van der Waals surface area (Å²) >= 11 is 0. The third-order valence-corrected chi connectivity index (χ3v) is 2.96. The second-order valence-electron chi connectivity index (χ2n) is 4.06. The zero-order valence-corrected chi connectivity index (χ0v) is 9.89. The average Bonchev–Trinajstić information content (AvgIpc) is 2.76. The molecule has 0 aliphatic carbocycles. The van der Waals surface area contributed by atoms with Gasteiger partial charge in [0.25, 0.3) is 6.01 Å². The predicted octanol–water partition coefficient (Wildman–Crippen LogP) is 1.59. The lowest BCUT2D eigenvalue weighted by Crippen LogP contribution is -2.38. The smallest absolute Gasteiger partial charge is 0.409 e. The van der Waals surface area contributed by atoms with Crippen LogP contribution in [0.25, 0.3) is 0 Å². The van der Waals surface area contributed by atoms with Crippen molar-refractivity contribution >= 4 is 12.1 Å². The molecule has 0 bridgehead atoms. The van der Waals surface area contributed by atoms with E-state index >= 15 is 0 Å². The number of piperidine rings is 1. The van der Waals surface area contributed by atoms with Crippen molar-refractivity contribution in [1.82, 2.24) is 9.88 Å². The van der Waals surface area contributed by atoms with Gasteiger partial charge in [-0.2, -0.15) is 0 Å². The first-order valence-electron chi connectivity index (χ1n) is 5.83. The van der Waals surface area contributed by atoms with Crippen molar-refractivity contribution < 1.29 is 13.9 Å². The Morgan fingerprint density at radius 3 is 2.88 bits per heavy atom. The average molecular weight is 239 g/mol. The largest absolute Gasteiger partial charge is 0.450 e. The van der Waals surface area contributed by atoms with Crippen LogP contribution in [0.4, 0.5) is 10.8 Å². The number of likely N-dealkylation sites (tertiary alicyclic amines) is 1. The molecular formula is C11H17N3O3. The molecule has 0 atom stereocenters.